The topological polar surface area (TPSA) is 32.8 Å². The number of fused-ring (bicyclic) bond motifs is 1. The first-order valence-corrected chi connectivity index (χ1v) is 9.94. The maximum atomic E-state index is 12.8. The van der Waals surface area contributed by atoms with Gasteiger partial charge in [0.1, 0.15) is 5.75 Å². The van der Waals surface area contributed by atoms with Crippen LogP contribution in [0.15, 0.2) is 72.8 Å². The quantitative estimate of drug-likeness (QED) is 0.624. The monoisotopic (exact) mass is 386 g/mol. The van der Waals surface area contributed by atoms with Crippen LogP contribution in [0.5, 0.6) is 5.75 Å². The van der Waals surface area contributed by atoms with E-state index in [-0.39, 0.29) is 5.91 Å². The third-order valence-corrected chi connectivity index (χ3v) is 5.48. The smallest absolute Gasteiger partial charge is 0.253 e. The van der Waals surface area contributed by atoms with E-state index in [4.69, 9.17) is 4.74 Å². The van der Waals surface area contributed by atoms with Gasteiger partial charge in [0.15, 0.2) is 0 Å². The Kier molecular flexibility index (Phi) is 5.52. The van der Waals surface area contributed by atoms with E-state index in [2.05, 4.69) is 41.3 Å². The summed E-state index contributed by atoms with van der Waals surface area (Å²) >= 11 is 0. The Balaban J connectivity index is 1.38. The molecule has 0 atom stereocenters. The molecule has 0 aromatic heterocycles. The van der Waals surface area contributed by atoms with Crippen LogP contribution in [0.2, 0.25) is 0 Å². The average Bonchev–Trinajstić information content (AvgIpc) is 3.17. The molecule has 1 aliphatic rings. The maximum Gasteiger partial charge on any atom is 0.253 e. The molecule has 0 unspecified atom stereocenters. The first-order chi connectivity index (χ1) is 14.1. The predicted molar refractivity (Wildman–Crippen MR) is 116 cm³/mol. The van der Waals surface area contributed by atoms with Crippen molar-refractivity contribution in [3.63, 3.8) is 0 Å². The van der Waals surface area contributed by atoms with Crippen molar-refractivity contribution < 1.29 is 9.53 Å². The molecule has 148 valence electrons. The van der Waals surface area contributed by atoms with Crippen LogP contribution in [0.1, 0.15) is 27.0 Å². The molecule has 0 saturated carbocycles. The second-order valence-corrected chi connectivity index (χ2v) is 7.51. The van der Waals surface area contributed by atoms with Crippen LogP contribution < -0.4 is 9.64 Å². The van der Waals surface area contributed by atoms with Crippen molar-refractivity contribution in [2.45, 2.75) is 19.5 Å². The van der Waals surface area contributed by atoms with E-state index in [1.54, 1.807) is 12.0 Å². The van der Waals surface area contributed by atoms with Gasteiger partial charge in [0.05, 0.1) is 7.11 Å². The summed E-state index contributed by atoms with van der Waals surface area (Å²) in [6.07, 6.45) is 1.10. The summed E-state index contributed by atoms with van der Waals surface area (Å²) in [5.74, 6) is 0.845. The molecule has 4 nitrogen and oxygen atoms in total. The maximum absolute atomic E-state index is 12.8. The summed E-state index contributed by atoms with van der Waals surface area (Å²) in [4.78, 5) is 16.9. The van der Waals surface area contributed by atoms with Crippen LogP contribution >= 0.6 is 0 Å². The summed E-state index contributed by atoms with van der Waals surface area (Å²) in [6, 6.07) is 24.4. The molecule has 3 aromatic carbocycles. The number of ether oxygens (including phenoxy) is 1. The largest absolute Gasteiger partial charge is 0.497 e. The van der Waals surface area contributed by atoms with Crippen LogP contribution in [0.4, 0.5) is 5.69 Å². The van der Waals surface area contributed by atoms with Crippen molar-refractivity contribution in [2.75, 3.05) is 25.6 Å². The average molecular weight is 386 g/mol. The van der Waals surface area contributed by atoms with E-state index in [1.807, 2.05) is 43.4 Å². The molecule has 0 aliphatic carbocycles. The van der Waals surface area contributed by atoms with Gasteiger partial charge < -0.3 is 14.5 Å². The highest BCUT2D eigenvalue weighted by molar-refractivity contribution is 5.94. The molecule has 1 aliphatic heterocycles. The summed E-state index contributed by atoms with van der Waals surface area (Å²) in [7, 11) is 3.48. The summed E-state index contributed by atoms with van der Waals surface area (Å²) in [5.41, 5.74) is 5.75. The van der Waals surface area contributed by atoms with Crippen molar-refractivity contribution >= 4 is 11.6 Å². The van der Waals surface area contributed by atoms with Crippen molar-refractivity contribution in [1.82, 2.24) is 4.90 Å². The summed E-state index contributed by atoms with van der Waals surface area (Å²) in [5, 5.41) is 0. The van der Waals surface area contributed by atoms with E-state index in [1.165, 1.54) is 16.8 Å². The number of nitrogens with zero attached hydrogens (tertiary/aromatic N) is 2. The van der Waals surface area contributed by atoms with E-state index in [9.17, 15) is 4.79 Å². The molecule has 0 radical (unpaired) electrons. The third kappa shape index (κ3) is 4.27. The normalized spacial score (nSPS) is 12.6. The lowest BCUT2D eigenvalue weighted by Crippen LogP contribution is -2.26. The SMILES string of the molecule is COc1ccc(CN(C)C(=O)c2ccc(CN3CCc4ccccc43)cc2)cc1. The molecule has 4 rings (SSSR count). The van der Waals surface area contributed by atoms with Gasteiger partial charge in [0.25, 0.3) is 5.91 Å². The third-order valence-electron chi connectivity index (χ3n) is 5.48. The number of hydrogen-bond acceptors (Lipinski definition) is 3. The Hall–Kier alpha value is -3.27. The first-order valence-electron chi connectivity index (χ1n) is 9.94. The van der Waals surface area contributed by atoms with Gasteiger partial charge in [-0.1, -0.05) is 42.5 Å². The van der Waals surface area contributed by atoms with E-state index in [0.717, 1.165) is 30.8 Å². The highest BCUT2D eigenvalue weighted by Gasteiger charge is 2.18. The Morgan fingerprint density at radius 1 is 0.966 bits per heavy atom. The highest BCUT2D eigenvalue weighted by Crippen LogP contribution is 2.28. The first kappa shape index (κ1) is 19.1. The zero-order valence-corrected chi connectivity index (χ0v) is 17.0. The van der Waals surface area contributed by atoms with Gasteiger partial charge >= 0.3 is 0 Å². The lowest BCUT2D eigenvalue weighted by molar-refractivity contribution is 0.0785. The standard InChI is InChI=1S/C25H26N2O2/c1-26(17-19-9-13-23(29-2)14-10-19)25(28)22-11-7-20(8-12-22)18-27-16-15-21-5-3-4-6-24(21)27/h3-14H,15-18H2,1-2H3. The Morgan fingerprint density at radius 2 is 1.66 bits per heavy atom. The summed E-state index contributed by atoms with van der Waals surface area (Å²) in [6.45, 7) is 2.48. The van der Waals surface area contributed by atoms with Gasteiger partial charge in [-0.15, -0.1) is 0 Å². The fourth-order valence-corrected chi connectivity index (χ4v) is 3.84. The Labute approximate surface area is 172 Å². The minimum atomic E-state index is 0.0267. The van der Waals surface area contributed by atoms with Crippen molar-refractivity contribution in [2.24, 2.45) is 0 Å². The van der Waals surface area contributed by atoms with Gasteiger partial charge in [0.2, 0.25) is 0 Å². The second-order valence-electron chi connectivity index (χ2n) is 7.51. The van der Waals surface area contributed by atoms with Crippen LogP contribution in [-0.2, 0) is 19.5 Å². The number of carbonyl (C=O) groups excluding carboxylic acids is 1. The van der Waals surface area contributed by atoms with Crippen molar-refractivity contribution in [3.8, 4) is 5.75 Å². The highest BCUT2D eigenvalue weighted by atomic mass is 16.5. The van der Waals surface area contributed by atoms with Gasteiger partial charge in [-0.2, -0.15) is 0 Å². The van der Waals surface area contributed by atoms with Gasteiger partial charge in [-0.25, -0.2) is 0 Å². The van der Waals surface area contributed by atoms with Gasteiger partial charge in [0, 0.05) is 37.9 Å². The molecular weight excluding hydrogens is 360 g/mol. The number of carbonyl (C=O) groups is 1. The zero-order valence-electron chi connectivity index (χ0n) is 17.0. The number of anilines is 1. The number of methoxy groups -OCH3 is 1. The number of para-hydroxylation sites is 1. The van der Waals surface area contributed by atoms with Crippen LogP contribution in [-0.4, -0.2) is 31.5 Å². The molecule has 0 N–H and O–H groups in total. The molecule has 0 spiro atoms. The van der Waals surface area contributed by atoms with Gasteiger partial charge in [-0.3, -0.25) is 4.79 Å². The van der Waals surface area contributed by atoms with Crippen molar-refractivity contribution in [3.05, 3.63) is 95.1 Å². The van der Waals surface area contributed by atoms with Crippen LogP contribution in [0.25, 0.3) is 0 Å². The van der Waals surface area contributed by atoms with Crippen molar-refractivity contribution in [1.29, 1.82) is 0 Å². The second kappa shape index (κ2) is 8.39. The van der Waals surface area contributed by atoms with Gasteiger partial charge in [-0.05, 0) is 53.4 Å². The van der Waals surface area contributed by atoms with E-state index >= 15 is 0 Å². The minimum Gasteiger partial charge on any atom is -0.497 e. The molecule has 0 bridgehead atoms. The molecule has 0 saturated heterocycles. The minimum absolute atomic E-state index is 0.0267. The molecule has 0 fully saturated rings. The number of amides is 1. The van der Waals surface area contributed by atoms with Crippen LogP contribution in [0, 0.1) is 0 Å². The fourth-order valence-electron chi connectivity index (χ4n) is 3.84. The Bertz CT molecular complexity index is 980. The fraction of sp³-hybridized carbons (Fsp3) is 0.240. The molecule has 29 heavy (non-hydrogen) atoms. The number of rotatable bonds is 6. The Morgan fingerprint density at radius 3 is 2.38 bits per heavy atom. The molecule has 4 heteroatoms. The lowest BCUT2D eigenvalue weighted by atomic mass is 10.1. The number of benzene rings is 3. The molecule has 1 heterocycles. The van der Waals surface area contributed by atoms with E-state index in [0.29, 0.717) is 12.1 Å². The summed E-state index contributed by atoms with van der Waals surface area (Å²) < 4.78 is 5.19. The molecule has 3 aromatic rings. The van der Waals surface area contributed by atoms with Crippen LogP contribution in [0.3, 0.4) is 0 Å². The lowest BCUT2D eigenvalue weighted by Gasteiger charge is -2.20. The number of hydrogen-bond donors (Lipinski definition) is 0. The molecular formula is C25H26N2O2. The van der Waals surface area contributed by atoms with E-state index < -0.39 is 0 Å². The zero-order chi connectivity index (χ0) is 20.2. The molecule has 1 amide bonds. The predicted octanol–water partition coefficient (Wildman–Crippen LogP) is 4.53.